The van der Waals surface area contributed by atoms with Crippen LogP contribution in [-0.4, -0.2) is 75.9 Å². The molecule has 0 amide bonds. The predicted molar refractivity (Wildman–Crippen MR) is 168 cm³/mol. The molecule has 2 unspecified atom stereocenters. The second-order valence-electron chi connectivity index (χ2n) is 13.0. The number of nitrogens with zero attached hydrogens (tertiary/aromatic N) is 5. The van der Waals surface area contributed by atoms with Gasteiger partial charge in [-0.15, -0.1) is 0 Å². The van der Waals surface area contributed by atoms with Gasteiger partial charge in [-0.05, 0) is 63.8 Å². The summed E-state index contributed by atoms with van der Waals surface area (Å²) in [5.74, 6) is -1.13. The van der Waals surface area contributed by atoms with Crippen LogP contribution in [-0.2, 0) is 6.18 Å². The van der Waals surface area contributed by atoms with Crippen molar-refractivity contribution in [3.05, 3.63) is 40.4 Å². The van der Waals surface area contributed by atoms with Crippen molar-refractivity contribution >= 4 is 34.1 Å². The van der Waals surface area contributed by atoms with Crippen molar-refractivity contribution in [3.8, 4) is 23.0 Å². The van der Waals surface area contributed by atoms with Crippen molar-refractivity contribution in [2.75, 3.05) is 36.9 Å². The van der Waals surface area contributed by atoms with Crippen molar-refractivity contribution in [1.29, 1.82) is 0 Å². The minimum Gasteiger partial charge on any atom is -0.486 e. The molecule has 9 nitrogen and oxygen atoms in total. The van der Waals surface area contributed by atoms with E-state index in [0.29, 0.717) is 37.2 Å². The number of benzene rings is 1. The van der Waals surface area contributed by atoms with Gasteiger partial charge < -0.3 is 25.4 Å². The third-order valence-electron chi connectivity index (χ3n) is 9.95. The molecule has 5 atom stereocenters. The number of hydrogen-bond donors (Lipinski definition) is 2. The van der Waals surface area contributed by atoms with E-state index in [2.05, 4.69) is 20.2 Å². The number of pyridine rings is 1. The van der Waals surface area contributed by atoms with Crippen molar-refractivity contribution < 1.29 is 31.4 Å². The van der Waals surface area contributed by atoms with Crippen molar-refractivity contribution in [2.24, 2.45) is 0 Å². The molecule has 1 aromatic carbocycles. The molecule has 47 heavy (non-hydrogen) atoms. The molecule has 15 heteroatoms. The van der Waals surface area contributed by atoms with Crippen LogP contribution >= 0.6 is 11.6 Å². The van der Waals surface area contributed by atoms with E-state index < -0.39 is 45.5 Å². The number of nitrogens with one attached hydrogen (secondary N) is 1. The second-order valence-corrected chi connectivity index (χ2v) is 13.4. The standard InChI is InChI=1S/C32H35ClF5N7O2/c1-4-19-27-16(3)47-28-22-26(24(35)21(23(28)33)25-18(32(36,37)38)6-7-20(39)41-25)42-30(43-29(22)45(27)12-15(2)40-19)46-14-31-8-5-9-44(31)13-17(10-31)11-34/h6-7,11,15-16,19,27,40H,4-5,8-10,12-14H2,1-3H3,(H2,39,41)/b17-11-/t15-,16?,19+,27?,31+/m1/s1. The highest BCUT2D eigenvalue weighted by atomic mass is 35.5. The van der Waals surface area contributed by atoms with Crippen LogP contribution in [0, 0.1) is 5.82 Å². The maximum Gasteiger partial charge on any atom is 0.418 e. The van der Waals surface area contributed by atoms with Crippen LogP contribution in [0.1, 0.15) is 52.0 Å². The third-order valence-corrected chi connectivity index (χ3v) is 10.3. The Kier molecular flexibility index (Phi) is 7.91. The number of alkyl halides is 3. The summed E-state index contributed by atoms with van der Waals surface area (Å²) in [5.41, 5.74) is 3.06. The lowest BCUT2D eigenvalue weighted by atomic mass is 9.94. The lowest BCUT2D eigenvalue weighted by molar-refractivity contribution is -0.137. The summed E-state index contributed by atoms with van der Waals surface area (Å²) in [4.78, 5) is 17.4. The molecule has 3 fully saturated rings. The van der Waals surface area contributed by atoms with Gasteiger partial charge in [-0.2, -0.15) is 23.1 Å². The minimum atomic E-state index is -4.90. The van der Waals surface area contributed by atoms with Crippen LogP contribution in [0.25, 0.3) is 22.2 Å². The summed E-state index contributed by atoms with van der Waals surface area (Å²) in [6.07, 6.45) is -1.93. The first-order valence-electron chi connectivity index (χ1n) is 15.8. The Hall–Kier alpha value is -3.49. The van der Waals surface area contributed by atoms with Crippen LogP contribution in [0.3, 0.4) is 0 Å². The maximum atomic E-state index is 16.9. The van der Waals surface area contributed by atoms with Crippen molar-refractivity contribution in [3.63, 3.8) is 0 Å². The Balaban J connectivity index is 1.45. The Morgan fingerprint density at radius 2 is 2.02 bits per heavy atom. The fourth-order valence-corrected chi connectivity index (χ4v) is 8.26. The lowest BCUT2D eigenvalue weighted by Crippen LogP contribution is -2.65. The zero-order valence-electron chi connectivity index (χ0n) is 26.1. The number of anilines is 2. The van der Waals surface area contributed by atoms with Crippen LogP contribution in [0.2, 0.25) is 5.02 Å². The first-order chi connectivity index (χ1) is 22.3. The van der Waals surface area contributed by atoms with Gasteiger partial charge >= 0.3 is 12.2 Å². The van der Waals surface area contributed by atoms with Gasteiger partial charge in [-0.25, -0.2) is 13.8 Å². The fourth-order valence-electron chi connectivity index (χ4n) is 7.94. The van der Waals surface area contributed by atoms with Gasteiger partial charge in [0.15, 0.2) is 11.6 Å². The van der Waals surface area contributed by atoms with E-state index >= 15 is 4.39 Å². The maximum absolute atomic E-state index is 16.9. The summed E-state index contributed by atoms with van der Waals surface area (Å²) < 4.78 is 85.9. The van der Waals surface area contributed by atoms with Gasteiger partial charge in [0.1, 0.15) is 29.9 Å². The van der Waals surface area contributed by atoms with Gasteiger partial charge in [-0.3, -0.25) is 4.90 Å². The largest absolute Gasteiger partial charge is 0.486 e. The van der Waals surface area contributed by atoms with Crippen molar-refractivity contribution in [1.82, 2.24) is 25.2 Å². The quantitative estimate of drug-likeness (QED) is 0.302. The van der Waals surface area contributed by atoms with Crippen molar-refractivity contribution in [2.45, 2.75) is 82.4 Å². The summed E-state index contributed by atoms with van der Waals surface area (Å²) in [6, 6.07) is 1.22. The van der Waals surface area contributed by atoms with E-state index in [4.69, 9.17) is 31.8 Å². The van der Waals surface area contributed by atoms with Gasteiger partial charge in [0.25, 0.3) is 0 Å². The van der Waals surface area contributed by atoms with E-state index in [0.717, 1.165) is 37.9 Å². The Morgan fingerprint density at radius 3 is 2.74 bits per heavy atom. The fraction of sp³-hybridized carbons (Fsp3) is 0.531. The highest BCUT2D eigenvalue weighted by Crippen LogP contribution is 2.51. The number of fused-ring (bicyclic) bond motifs is 3. The van der Waals surface area contributed by atoms with E-state index in [9.17, 15) is 17.6 Å². The molecule has 252 valence electrons. The lowest BCUT2D eigenvalue weighted by Gasteiger charge is -2.46. The molecule has 7 rings (SSSR count). The zero-order chi connectivity index (χ0) is 33.4. The van der Waals surface area contributed by atoms with E-state index in [1.165, 1.54) is 0 Å². The smallest absolute Gasteiger partial charge is 0.418 e. The number of nitrogens with two attached hydrogens (primary N) is 1. The highest BCUT2D eigenvalue weighted by Gasteiger charge is 2.48. The van der Waals surface area contributed by atoms with Gasteiger partial charge in [-0.1, -0.05) is 18.5 Å². The minimum absolute atomic E-state index is 0.0140. The summed E-state index contributed by atoms with van der Waals surface area (Å²) >= 11 is 6.84. The van der Waals surface area contributed by atoms with Crippen LogP contribution < -0.4 is 25.4 Å². The van der Waals surface area contributed by atoms with Crippen LogP contribution in [0.5, 0.6) is 11.8 Å². The number of rotatable bonds is 5. The number of piperazine rings is 1. The van der Waals surface area contributed by atoms with E-state index in [1.54, 1.807) is 0 Å². The molecule has 4 aliphatic heterocycles. The average molecular weight is 680 g/mol. The molecule has 3 aromatic rings. The first-order valence-corrected chi connectivity index (χ1v) is 16.1. The Bertz CT molecular complexity index is 1770. The Morgan fingerprint density at radius 1 is 1.23 bits per heavy atom. The van der Waals surface area contributed by atoms with Gasteiger partial charge in [0, 0.05) is 25.2 Å². The molecular weight excluding hydrogens is 645 g/mol. The van der Waals surface area contributed by atoms with Gasteiger partial charge in [0.2, 0.25) is 0 Å². The SMILES string of the molecule is CC[C@@H]1N[C@H](C)CN2c3nc(OC[C@@]45CCCN4C/C(=C\F)C5)nc4c(F)c(-c5nc(N)ccc5C(F)(F)F)c(Cl)c(c34)OC(C)C12. The molecule has 0 aliphatic carbocycles. The molecule has 3 saturated heterocycles. The molecule has 0 bridgehead atoms. The highest BCUT2D eigenvalue weighted by molar-refractivity contribution is 6.36. The van der Waals surface area contributed by atoms with E-state index in [1.807, 2.05) is 25.7 Å². The predicted octanol–water partition coefficient (Wildman–Crippen LogP) is 6.28. The molecular formula is C32H35ClF5N7O2. The first kappa shape index (κ1) is 32.1. The summed E-state index contributed by atoms with van der Waals surface area (Å²) in [7, 11) is 0. The molecule has 0 saturated carbocycles. The number of hydrogen-bond acceptors (Lipinski definition) is 9. The van der Waals surface area contributed by atoms with Crippen LogP contribution in [0.4, 0.5) is 33.6 Å². The Labute approximate surface area is 273 Å². The molecule has 0 radical (unpaired) electrons. The monoisotopic (exact) mass is 679 g/mol. The number of ether oxygens (including phenoxy) is 2. The number of halogens is 6. The van der Waals surface area contributed by atoms with E-state index in [-0.39, 0.29) is 53.2 Å². The number of aromatic nitrogens is 3. The summed E-state index contributed by atoms with van der Waals surface area (Å²) in [5, 5.41) is 3.33. The molecule has 6 heterocycles. The van der Waals surface area contributed by atoms with Crippen LogP contribution in [0.15, 0.2) is 24.0 Å². The normalized spacial score (nSPS) is 28.4. The molecule has 4 aliphatic rings. The van der Waals surface area contributed by atoms with Gasteiger partial charge in [0.05, 0.1) is 45.1 Å². The molecule has 0 spiro atoms. The topological polar surface area (TPSA) is 102 Å². The number of nitrogen functional groups attached to an aromatic ring is 1. The average Bonchev–Trinajstić information content (AvgIpc) is 3.54. The zero-order valence-corrected chi connectivity index (χ0v) is 26.9. The summed E-state index contributed by atoms with van der Waals surface area (Å²) in [6.45, 7) is 7.76. The molecule has 2 aromatic heterocycles. The third kappa shape index (κ3) is 5.23. The molecule has 3 N–H and O–H groups in total. The second kappa shape index (κ2) is 11.6.